The van der Waals surface area contributed by atoms with Crippen molar-refractivity contribution in [2.24, 2.45) is 5.92 Å². The highest BCUT2D eigenvalue weighted by molar-refractivity contribution is 6.29. The lowest BCUT2D eigenvalue weighted by Crippen LogP contribution is -2.42. The zero-order valence-corrected chi connectivity index (χ0v) is 50.6. The van der Waals surface area contributed by atoms with Crippen LogP contribution in [0.1, 0.15) is 277 Å². The van der Waals surface area contributed by atoms with Gasteiger partial charge in [-0.1, -0.05) is 206 Å². The van der Waals surface area contributed by atoms with Crippen LogP contribution in [-0.2, 0) is 42.9 Å². The first-order chi connectivity index (χ1) is 38.3. The number of esters is 4. The van der Waals surface area contributed by atoms with E-state index in [2.05, 4.69) is 49.0 Å². The summed E-state index contributed by atoms with van der Waals surface area (Å²) in [6.07, 6.45) is 35.8. The third-order valence-electron chi connectivity index (χ3n) is 15.2. The van der Waals surface area contributed by atoms with Crippen molar-refractivity contribution in [3.63, 3.8) is 0 Å². The number of ether oxygens (including phenoxy) is 4. The summed E-state index contributed by atoms with van der Waals surface area (Å²) in [5.41, 5.74) is 3.52. The van der Waals surface area contributed by atoms with Crippen LogP contribution in [0.5, 0.6) is 0 Å². The average molecular weight is 1130 g/mol. The Morgan fingerprint density at radius 2 is 1.08 bits per heavy atom. The fourth-order valence-electron chi connectivity index (χ4n) is 10.6. The second-order valence-electron chi connectivity index (χ2n) is 23.1. The average Bonchev–Trinajstić information content (AvgIpc) is 3.42. The van der Waals surface area contributed by atoms with Gasteiger partial charge in [-0.05, 0) is 86.6 Å². The van der Waals surface area contributed by atoms with Gasteiger partial charge in [0.15, 0.2) is 6.10 Å². The van der Waals surface area contributed by atoms with E-state index >= 15 is 0 Å². The Labute approximate surface area is 482 Å². The minimum atomic E-state index is -0.948. The summed E-state index contributed by atoms with van der Waals surface area (Å²) in [6.45, 7) is 11.2. The molecule has 0 aliphatic heterocycles. The Morgan fingerprint density at radius 1 is 0.608 bits per heavy atom. The van der Waals surface area contributed by atoms with Crippen molar-refractivity contribution in [1.29, 1.82) is 0 Å². The molecule has 1 aromatic carbocycles. The van der Waals surface area contributed by atoms with Gasteiger partial charge < -0.3 is 34.3 Å². The molecule has 1 saturated carbocycles. The fraction of sp³-hybridized carbons (Fsp3) is 0.754. The second-order valence-corrected chi connectivity index (χ2v) is 23.4. The molecule has 0 spiro atoms. The van der Waals surface area contributed by atoms with Crippen LogP contribution in [0.15, 0.2) is 36.5 Å². The van der Waals surface area contributed by atoms with Crippen molar-refractivity contribution in [3.8, 4) is 0 Å². The summed E-state index contributed by atoms with van der Waals surface area (Å²) in [5, 5.41) is 13.4. The van der Waals surface area contributed by atoms with Gasteiger partial charge in [-0.3, -0.25) is 24.0 Å². The number of carbonyl (C=O) groups is 5. The van der Waals surface area contributed by atoms with Crippen LogP contribution in [-0.4, -0.2) is 77.9 Å². The summed E-state index contributed by atoms with van der Waals surface area (Å²) < 4.78 is 22.8. The molecule has 0 radical (unpaired) electrons. The van der Waals surface area contributed by atoms with Gasteiger partial charge in [-0.15, -0.1) is 0 Å². The maximum atomic E-state index is 13.2. The van der Waals surface area contributed by atoms with Crippen molar-refractivity contribution in [2.45, 2.75) is 290 Å². The molecule has 79 heavy (non-hydrogen) atoms. The standard InChI is InChI=1S/C65H106ClN3O10/c1-6-8-10-12-14-16-18-20-22-24-26-28-30-33-62(72)76-49-57(50-77-63(73)34-31-29-27-25-23-21-19-17-15-13-11-9-7-2)79-65(75)36-32-35-64(74)78-56-41-39-55(40-42-56)69(48-51(3)4)59-43-37-53(52(5)45-61(70)71)46-58(59)68-54-38-44-60(66)67-47-54/h37-38,43-44,46-47,51-52,55-57,68H,6-36,39-42,45,48-50H2,1-5H3,(H,70,71)/t52?,55-,56-. The van der Waals surface area contributed by atoms with E-state index in [1.807, 2.05) is 25.1 Å². The van der Waals surface area contributed by atoms with Crippen molar-refractivity contribution >= 4 is 58.5 Å². The minimum Gasteiger partial charge on any atom is -0.481 e. The molecule has 1 aliphatic rings. The maximum Gasteiger partial charge on any atom is 0.306 e. The Bertz CT molecular complexity index is 1910. The summed E-state index contributed by atoms with van der Waals surface area (Å²) in [6, 6.07) is 9.87. The summed E-state index contributed by atoms with van der Waals surface area (Å²) in [7, 11) is 0. The first-order valence-electron chi connectivity index (χ1n) is 31.5. The molecule has 2 N–H and O–H groups in total. The molecule has 0 saturated heterocycles. The van der Waals surface area contributed by atoms with E-state index in [0.29, 0.717) is 23.9 Å². The predicted molar refractivity (Wildman–Crippen MR) is 320 cm³/mol. The Balaban J connectivity index is 1.46. The van der Waals surface area contributed by atoms with E-state index in [-0.39, 0.29) is 87.7 Å². The molecule has 1 atom stereocenters. The molecule has 1 fully saturated rings. The van der Waals surface area contributed by atoms with E-state index in [1.54, 1.807) is 12.3 Å². The number of aliphatic carboxylic acids is 1. The van der Waals surface area contributed by atoms with Crippen LogP contribution in [0.25, 0.3) is 0 Å². The maximum absolute atomic E-state index is 13.2. The highest BCUT2D eigenvalue weighted by Gasteiger charge is 2.30. The number of carboxylic acid groups (broad SMARTS) is 1. The zero-order valence-electron chi connectivity index (χ0n) is 49.8. The monoisotopic (exact) mass is 1120 g/mol. The van der Waals surface area contributed by atoms with Gasteiger partial charge in [-0.25, -0.2) is 4.98 Å². The smallest absolute Gasteiger partial charge is 0.306 e. The Hall–Kier alpha value is -4.39. The summed E-state index contributed by atoms with van der Waals surface area (Å²) in [5.74, 6) is -2.36. The van der Waals surface area contributed by atoms with Gasteiger partial charge in [0.05, 0.1) is 29.7 Å². The first kappa shape index (κ1) is 68.9. The number of halogens is 1. The zero-order chi connectivity index (χ0) is 57.3. The largest absolute Gasteiger partial charge is 0.481 e. The van der Waals surface area contributed by atoms with Gasteiger partial charge in [0.1, 0.15) is 24.5 Å². The highest BCUT2D eigenvalue weighted by Crippen LogP contribution is 2.38. The van der Waals surface area contributed by atoms with E-state index in [4.69, 9.17) is 30.5 Å². The molecule has 448 valence electrons. The molecule has 2 aromatic rings. The van der Waals surface area contributed by atoms with E-state index < -0.39 is 18.0 Å². The van der Waals surface area contributed by atoms with E-state index in [1.165, 1.54) is 128 Å². The third kappa shape index (κ3) is 33.2. The summed E-state index contributed by atoms with van der Waals surface area (Å²) in [4.78, 5) is 70.2. The number of pyridine rings is 1. The lowest BCUT2D eigenvalue weighted by atomic mass is 9.90. The Morgan fingerprint density at radius 3 is 1.53 bits per heavy atom. The van der Waals surface area contributed by atoms with E-state index in [0.717, 1.165) is 80.5 Å². The minimum absolute atomic E-state index is 0.0146. The number of nitrogens with zero attached hydrogens (tertiary/aromatic N) is 2. The van der Waals surface area contributed by atoms with Crippen molar-refractivity contribution in [1.82, 2.24) is 4.98 Å². The van der Waals surface area contributed by atoms with Crippen molar-refractivity contribution in [2.75, 3.05) is 30.0 Å². The SMILES string of the molecule is CCCCCCCCCCCCCCCC(=O)OCC(COC(=O)CCCCCCCCCCCCCCC)OC(=O)CCCC(=O)O[C@H]1CC[C@H](N(CC(C)C)c2ccc(C(C)CC(=O)O)cc2Nc2ccc(Cl)nc2)CC1. The van der Waals surface area contributed by atoms with Crippen LogP contribution in [0.3, 0.4) is 0 Å². The fourth-order valence-corrected chi connectivity index (χ4v) is 10.7. The van der Waals surface area contributed by atoms with Gasteiger partial charge >= 0.3 is 29.8 Å². The topological polar surface area (TPSA) is 171 Å². The van der Waals surface area contributed by atoms with Gasteiger partial charge in [-0.2, -0.15) is 0 Å². The number of anilines is 3. The number of rotatable bonds is 47. The predicted octanol–water partition coefficient (Wildman–Crippen LogP) is 17.5. The normalized spacial score (nSPS) is 14.7. The molecule has 1 unspecified atom stereocenters. The first-order valence-corrected chi connectivity index (χ1v) is 31.9. The third-order valence-corrected chi connectivity index (χ3v) is 15.4. The Kier molecular flexibility index (Phi) is 37.8. The van der Waals surface area contributed by atoms with Crippen LogP contribution in [0.2, 0.25) is 5.15 Å². The lowest BCUT2D eigenvalue weighted by molar-refractivity contribution is -0.167. The number of hydrogen-bond acceptors (Lipinski definition) is 12. The molecule has 3 rings (SSSR count). The molecule has 13 nitrogen and oxygen atoms in total. The van der Waals surface area contributed by atoms with Gasteiger partial charge in [0.2, 0.25) is 0 Å². The van der Waals surface area contributed by atoms with Gasteiger partial charge in [0, 0.05) is 38.3 Å². The van der Waals surface area contributed by atoms with Crippen LogP contribution in [0, 0.1) is 5.92 Å². The number of hydrogen-bond donors (Lipinski definition) is 2. The highest BCUT2D eigenvalue weighted by atomic mass is 35.5. The second kappa shape index (κ2) is 43.4. The molecule has 1 aromatic heterocycles. The lowest BCUT2D eigenvalue weighted by Gasteiger charge is -2.40. The molecule has 0 bridgehead atoms. The number of nitrogens with one attached hydrogen (secondary N) is 1. The summed E-state index contributed by atoms with van der Waals surface area (Å²) >= 11 is 6.10. The van der Waals surface area contributed by atoms with Crippen LogP contribution >= 0.6 is 11.6 Å². The van der Waals surface area contributed by atoms with Gasteiger partial charge in [0.25, 0.3) is 0 Å². The van der Waals surface area contributed by atoms with Crippen molar-refractivity contribution < 1.29 is 48.0 Å². The van der Waals surface area contributed by atoms with Crippen LogP contribution < -0.4 is 10.2 Å². The molecule has 0 amide bonds. The van der Waals surface area contributed by atoms with Crippen LogP contribution in [0.4, 0.5) is 17.1 Å². The number of aromatic nitrogens is 1. The molecule has 1 aliphatic carbocycles. The molecule has 1 heterocycles. The molecule has 14 heteroatoms. The molecular weight excluding hydrogens is 1020 g/mol. The number of carboxylic acids is 1. The van der Waals surface area contributed by atoms with E-state index in [9.17, 15) is 29.1 Å². The quantitative estimate of drug-likeness (QED) is 0.0278. The number of unbranched alkanes of at least 4 members (excludes halogenated alkanes) is 24. The van der Waals surface area contributed by atoms with Crippen molar-refractivity contribution in [3.05, 3.63) is 47.2 Å². The number of carbonyl (C=O) groups excluding carboxylic acids is 4. The molecular formula is C65H106ClN3O10. The number of benzene rings is 1.